The summed E-state index contributed by atoms with van der Waals surface area (Å²) in [5, 5.41) is 11.5. The lowest BCUT2D eigenvalue weighted by molar-refractivity contribution is -0.382. The van der Waals surface area contributed by atoms with Crippen LogP contribution in [0.5, 0.6) is 0 Å². The summed E-state index contributed by atoms with van der Waals surface area (Å²) in [7, 11) is 0. The largest absolute Gasteiger partial charge is 0.446 e. The molecule has 2 saturated heterocycles. The summed E-state index contributed by atoms with van der Waals surface area (Å²) < 4.78 is 94.4. The smallest absolute Gasteiger partial charge is 0.433 e. The van der Waals surface area contributed by atoms with Crippen LogP contribution in [0.25, 0.3) is 10.9 Å². The number of carbonyl (C=O) groups is 1. The van der Waals surface area contributed by atoms with E-state index in [-0.39, 0.29) is 42.2 Å². The quantitative estimate of drug-likeness (QED) is 0.260. The molecule has 2 bridgehead atoms. The number of piperidine rings is 1. The molecule has 0 radical (unpaired) electrons. The van der Waals surface area contributed by atoms with Crippen LogP contribution in [0.3, 0.4) is 0 Å². The zero-order valence-corrected chi connectivity index (χ0v) is 25.7. The highest BCUT2D eigenvalue weighted by Gasteiger charge is 2.63. The molecule has 3 heterocycles. The van der Waals surface area contributed by atoms with E-state index in [0.29, 0.717) is 44.2 Å². The molecule has 7 rings (SSSR count). The Labute approximate surface area is 267 Å². The van der Waals surface area contributed by atoms with Crippen LogP contribution in [0.15, 0.2) is 24.3 Å². The van der Waals surface area contributed by atoms with Crippen molar-refractivity contribution in [3.8, 4) is 0 Å². The Morgan fingerprint density at radius 2 is 1.64 bits per heavy atom. The standard InChI is InChI=1S/C33H38F6N2O6/c34-32(35,36)21-12-13-23-24(17-27(33(37,38)39)40-25(23)16-21)28(42)26-11-1-2-15-41(26)29(43)44-22-10-5-14-30(18-22)45-31(47-46-30)19-6-3-7-20(31)9-4-8-19/h12-13,16-17,19-20,22,26,28,42H,1-11,14-15,18H2. The molecule has 4 atom stereocenters. The number of hydrogen-bond donors (Lipinski definition) is 1. The van der Waals surface area contributed by atoms with Crippen LogP contribution < -0.4 is 0 Å². The fraction of sp³-hybridized carbons (Fsp3) is 0.697. The predicted molar refractivity (Wildman–Crippen MR) is 153 cm³/mol. The number of fused-ring (bicyclic) bond motifs is 1. The summed E-state index contributed by atoms with van der Waals surface area (Å²) in [6.45, 7) is 0.189. The van der Waals surface area contributed by atoms with Crippen LogP contribution in [0.4, 0.5) is 31.1 Å². The molecule has 14 heteroatoms. The molecule has 1 amide bonds. The first kappa shape index (κ1) is 32.8. The molecule has 2 aromatic rings. The van der Waals surface area contributed by atoms with E-state index >= 15 is 0 Å². The fourth-order valence-corrected chi connectivity index (χ4v) is 8.59. The first-order valence-electron chi connectivity index (χ1n) is 16.6. The molecule has 1 aromatic carbocycles. The average Bonchev–Trinajstić information content (AvgIpc) is 3.36. The third-order valence-corrected chi connectivity index (χ3v) is 10.8. The first-order chi connectivity index (χ1) is 22.3. The number of alkyl halides is 6. The Bertz CT molecular complexity index is 1480. The number of ether oxygens (including phenoxy) is 2. The SMILES string of the molecule is O=C(OC1CCCC2(C1)OOC1(O2)C2CCCC1CCC2)N1CCCCC1C(O)c1cc(C(F)(F)F)nc2cc(C(F)(F)F)ccc12. The Balaban J connectivity index is 1.11. The summed E-state index contributed by atoms with van der Waals surface area (Å²) >= 11 is 0. The van der Waals surface area contributed by atoms with Gasteiger partial charge in [0.2, 0.25) is 11.6 Å². The van der Waals surface area contributed by atoms with Crippen molar-refractivity contribution in [2.24, 2.45) is 11.8 Å². The van der Waals surface area contributed by atoms with Gasteiger partial charge in [0.25, 0.3) is 0 Å². The summed E-state index contributed by atoms with van der Waals surface area (Å²) in [5.41, 5.74) is -3.41. The van der Waals surface area contributed by atoms with Crippen molar-refractivity contribution in [1.29, 1.82) is 0 Å². The number of hydrogen-bond acceptors (Lipinski definition) is 7. The Morgan fingerprint density at radius 1 is 0.915 bits per heavy atom. The second kappa shape index (κ2) is 12.0. The van der Waals surface area contributed by atoms with E-state index in [1.807, 2.05) is 0 Å². The number of aliphatic hydroxyl groups is 1. The molecule has 5 aliphatic rings. The maximum atomic E-state index is 13.8. The van der Waals surface area contributed by atoms with Crippen molar-refractivity contribution in [2.75, 3.05) is 6.54 Å². The van der Waals surface area contributed by atoms with Crippen LogP contribution in [0, 0.1) is 11.8 Å². The van der Waals surface area contributed by atoms with Crippen molar-refractivity contribution >= 4 is 17.0 Å². The molecular formula is C33H38F6N2O6. The summed E-state index contributed by atoms with van der Waals surface area (Å²) in [4.78, 5) is 30.5. The first-order valence-corrected chi connectivity index (χ1v) is 16.6. The van der Waals surface area contributed by atoms with Gasteiger partial charge < -0.3 is 19.5 Å². The van der Waals surface area contributed by atoms with Gasteiger partial charge in [-0.15, -0.1) is 0 Å². The number of benzene rings is 1. The number of amides is 1. The average molecular weight is 673 g/mol. The predicted octanol–water partition coefficient (Wildman–Crippen LogP) is 8.21. The van der Waals surface area contributed by atoms with E-state index in [9.17, 15) is 36.2 Å². The second-order valence-electron chi connectivity index (χ2n) is 13.8. The highest BCUT2D eigenvalue weighted by Crippen LogP contribution is 2.57. The number of halogens is 6. The van der Waals surface area contributed by atoms with Gasteiger partial charge in [0, 0.05) is 36.6 Å². The zero-order chi connectivity index (χ0) is 33.2. The van der Waals surface area contributed by atoms with E-state index in [1.54, 1.807) is 0 Å². The lowest BCUT2D eigenvalue weighted by atomic mass is 9.67. The van der Waals surface area contributed by atoms with E-state index in [2.05, 4.69) is 4.98 Å². The van der Waals surface area contributed by atoms with Gasteiger partial charge in [-0.05, 0) is 81.5 Å². The van der Waals surface area contributed by atoms with E-state index in [0.717, 1.165) is 50.7 Å². The van der Waals surface area contributed by atoms with Crippen LogP contribution in [0.1, 0.15) is 106 Å². The van der Waals surface area contributed by atoms with Gasteiger partial charge in [-0.25, -0.2) is 9.78 Å². The molecule has 2 aliphatic heterocycles. The van der Waals surface area contributed by atoms with Gasteiger partial charge in [-0.1, -0.05) is 18.9 Å². The third-order valence-electron chi connectivity index (χ3n) is 10.8. The number of pyridine rings is 1. The minimum absolute atomic E-state index is 0.0662. The highest BCUT2D eigenvalue weighted by molar-refractivity contribution is 5.84. The Morgan fingerprint density at radius 3 is 2.32 bits per heavy atom. The molecule has 2 spiro atoms. The number of aliphatic hydroxyl groups excluding tert-OH is 1. The van der Waals surface area contributed by atoms with Gasteiger partial charge in [0.15, 0.2) is 0 Å². The number of carbonyl (C=O) groups excluding carboxylic acids is 1. The zero-order valence-electron chi connectivity index (χ0n) is 25.7. The van der Waals surface area contributed by atoms with Crippen molar-refractivity contribution in [3.05, 3.63) is 41.1 Å². The van der Waals surface area contributed by atoms with Gasteiger partial charge in [-0.3, -0.25) is 0 Å². The molecule has 4 unspecified atom stereocenters. The molecule has 47 heavy (non-hydrogen) atoms. The number of nitrogens with zero attached hydrogens (tertiary/aromatic N) is 2. The second-order valence-corrected chi connectivity index (χ2v) is 13.8. The minimum Gasteiger partial charge on any atom is -0.446 e. The molecular weight excluding hydrogens is 634 g/mol. The summed E-state index contributed by atoms with van der Waals surface area (Å²) in [5.74, 6) is -1.34. The summed E-state index contributed by atoms with van der Waals surface area (Å²) in [6, 6.07) is 1.95. The Hall–Kier alpha value is -2.68. The monoisotopic (exact) mass is 672 g/mol. The minimum atomic E-state index is -4.98. The normalized spacial score (nSPS) is 33.8. The molecule has 258 valence electrons. The van der Waals surface area contributed by atoms with Gasteiger partial charge in [0.05, 0.1) is 17.1 Å². The number of rotatable bonds is 3. The van der Waals surface area contributed by atoms with Gasteiger partial charge in [0.1, 0.15) is 17.9 Å². The maximum absolute atomic E-state index is 13.8. The van der Waals surface area contributed by atoms with Crippen molar-refractivity contribution in [1.82, 2.24) is 9.88 Å². The maximum Gasteiger partial charge on any atom is 0.433 e. The fourth-order valence-electron chi connectivity index (χ4n) is 8.59. The van der Waals surface area contributed by atoms with Crippen molar-refractivity contribution in [2.45, 2.75) is 126 Å². The van der Waals surface area contributed by atoms with Gasteiger partial charge >= 0.3 is 18.4 Å². The summed E-state index contributed by atoms with van der Waals surface area (Å²) in [6.07, 6.45) is -3.01. The van der Waals surface area contributed by atoms with Crippen molar-refractivity contribution < 1.29 is 55.5 Å². The molecule has 3 aliphatic carbocycles. The molecule has 3 saturated carbocycles. The Kier molecular flexibility index (Phi) is 8.40. The van der Waals surface area contributed by atoms with E-state index < -0.39 is 65.0 Å². The highest BCUT2D eigenvalue weighted by atomic mass is 19.4. The van der Waals surface area contributed by atoms with Gasteiger partial charge in [-0.2, -0.15) is 36.1 Å². The topological polar surface area (TPSA) is 90.4 Å². The van der Waals surface area contributed by atoms with Crippen LogP contribution >= 0.6 is 0 Å². The number of likely N-dealkylation sites (tertiary alicyclic amines) is 1. The lowest BCUT2D eigenvalue weighted by Crippen LogP contribution is -2.54. The van der Waals surface area contributed by atoms with E-state index in [4.69, 9.17) is 19.2 Å². The lowest BCUT2D eigenvalue weighted by Gasteiger charge is -2.48. The molecule has 8 nitrogen and oxygen atoms in total. The van der Waals surface area contributed by atoms with Crippen LogP contribution in [0.2, 0.25) is 0 Å². The molecule has 1 aromatic heterocycles. The number of aromatic nitrogens is 1. The molecule has 1 N–H and O–H groups in total. The van der Waals surface area contributed by atoms with Crippen molar-refractivity contribution in [3.63, 3.8) is 0 Å². The van der Waals surface area contributed by atoms with Crippen LogP contribution in [-0.4, -0.2) is 51.3 Å². The third kappa shape index (κ3) is 6.08. The molecule has 5 fully saturated rings. The van der Waals surface area contributed by atoms with Crippen LogP contribution in [-0.2, 0) is 31.6 Å². The van der Waals surface area contributed by atoms with E-state index in [1.165, 1.54) is 4.90 Å².